The molecule has 1 saturated carbocycles. The largest absolute Gasteiger partial charge is 0.310 e. The molecule has 0 saturated heterocycles. The van der Waals surface area contributed by atoms with E-state index in [0.29, 0.717) is 0 Å². The minimum atomic E-state index is 0.766. The van der Waals surface area contributed by atoms with E-state index >= 15 is 0 Å². The monoisotopic (exact) mass is 261 g/mol. The predicted molar refractivity (Wildman–Crippen MR) is 77.2 cm³/mol. The Balaban J connectivity index is 1.89. The summed E-state index contributed by atoms with van der Waals surface area (Å²) >= 11 is 1.71. The molecule has 2 aromatic heterocycles. The topological polar surface area (TPSA) is 29.3 Å². The third-order valence-corrected chi connectivity index (χ3v) is 4.33. The number of thiazole rings is 1. The van der Waals surface area contributed by atoms with Gasteiger partial charge in [0, 0.05) is 23.7 Å². The van der Waals surface area contributed by atoms with Crippen LogP contribution in [0.15, 0.2) is 11.0 Å². The summed E-state index contributed by atoms with van der Waals surface area (Å²) in [5.74, 6) is 0. The summed E-state index contributed by atoms with van der Waals surface area (Å²) in [6.07, 6.45) is 4.95. The number of fused-ring (bicyclic) bond motifs is 1. The van der Waals surface area contributed by atoms with Gasteiger partial charge in [-0.2, -0.15) is 0 Å². The minimum absolute atomic E-state index is 0.766. The third-order valence-electron chi connectivity index (χ3n) is 3.38. The molecule has 2 heterocycles. The first kappa shape index (κ1) is 11.9. The normalized spacial score (nSPS) is 16.7. The second-order valence-electron chi connectivity index (χ2n) is 5.22. The maximum atomic E-state index is 4.61. The Hall–Kier alpha value is -1.13. The first-order valence-electron chi connectivity index (χ1n) is 6.49. The number of aryl methyl sites for hydroxylation is 2. The first-order chi connectivity index (χ1) is 8.65. The van der Waals surface area contributed by atoms with Crippen LogP contribution in [-0.2, 0) is 0 Å². The summed E-state index contributed by atoms with van der Waals surface area (Å²) in [7, 11) is 0. The van der Waals surface area contributed by atoms with E-state index < -0.39 is 0 Å². The van der Waals surface area contributed by atoms with E-state index in [1.807, 2.05) is 0 Å². The number of hydrogen-bond donors (Lipinski definition) is 1. The van der Waals surface area contributed by atoms with Crippen molar-refractivity contribution in [2.75, 3.05) is 6.54 Å². The lowest BCUT2D eigenvalue weighted by Gasteiger charge is -2.04. The molecule has 0 spiro atoms. The SMILES string of the molecule is CC(=Cc1c(C)nc2scc(C)n12)CNC1CC1. The minimum Gasteiger partial charge on any atom is -0.310 e. The second-order valence-corrected chi connectivity index (χ2v) is 6.06. The summed E-state index contributed by atoms with van der Waals surface area (Å²) < 4.78 is 2.25. The fourth-order valence-electron chi connectivity index (χ4n) is 2.17. The van der Waals surface area contributed by atoms with Crippen LogP contribution in [-0.4, -0.2) is 22.0 Å². The maximum absolute atomic E-state index is 4.61. The van der Waals surface area contributed by atoms with Crippen LogP contribution in [0.4, 0.5) is 0 Å². The lowest BCUT2D eigenvalue weighted by Crippen LogP contribution is -2.18. The second kappa shape index (κ2) is 4.52. The van der Waals surface area contributed by atoms with Crippen LogP contribution in [0, 0.1) is 13.8 Å². The first-order valence-corrected chi connectivity index (χ1v) is 7.37. The van der Waals surface area contributed by atoms with E-state index in [1.54, 1.807) is 11.3 Å². The fourth-order valence-corrected chi connectivity index (χ4v) is 3.09. The summed E-state index contributed by atoms with van der Waals surface area (Å²) in [6.45, 7) is 7.41. The molecule has 0 unspecified atom stereocenters. The zero-order valence-electron chi connectivity index (χ0n) is 11.2. The zero-order chi connectivity index (χ0) is 12.7. The molecule has 0 aromatic carbocycles. The highest BCUT2D eigenvalue weighted by Crippen LogP contribution is 2.23. The van der Waals surface area contributed by atoms with Crippen molar-refractivity contribution in [3.63, 3.8) is 0 Å². The summed E-state index contributed by atoms with van der Waals surface area (Å²) in [4.78, 5) is 5.71. The molecule has 0 atom stereocenters. The van der Waals surface area contributed by atoms with Gasteiger partial charge in [0.05, 0.1) is 11.4 Å². The standard InChI is InChI=1S/C14H19N3S/c1-9(7-15-12-4-5-12)6-13-11(3)16-14-17(13)10(2)8-18-14/h6,8,12,15H,4-5,7H2,1-3H3. The molecule has 3 rings (SSSR count). The molecule has 1 aliphatic rings. The Kier molecular flexibility index (Phi) is 2.99. The zero-order valence-corrected chi connectivity index (χ0v) is 12.0. The van der Waals surface area contributed by atoms with E-state index in [-0.39, 0.29) is 0 Å². The van der Waals surface area contributed by atoms with Crippen LogP contribution in [0.2, 0.25) is 0 Å². The van der Waals surface area contributed by atoms with Crippen molar-refractivity contribution < 1.29 is 0 Å². The van der Waals surface area contributed by atoms with Crippen LogP contribution >= 0.6 is 11.3 Å². The number of rotatable bonds is 4. The summed E-state index contributed by atoms with van der Waals surface area (Å²) in [5.41, 5.74) is 5.00. The van der Waals surface area contributed by atoms with Crippen LogP contribution < -0.4 is 5.32 Å². The molecule has 18 heavy (non-hydrogen) atoms. The average molecular weight is 261 g/mol. The van der Waals surface area contributed by atoms with Crippen molar-refractivity contribution in [3.8, 4) is 0 Å². The molecule has 1 N–H and O–H groups in total. The Morgan fingerprint density at radius 2 is 2.33 bits per heavy atom. The Morgan fingerprint density at radius 1 is 1.56 bits per heavy atom. The highest BCUT2D eigenvalue weighted by atomic mass is 32.1. The van der Waals surface area contributed by atoms with E-state index in [9.17, 15) is 0 Å². The van der Waals surface area contributed by atoms with Gasteiger partial charge in [0.1, 0.15) is 0 Å². The molecule has 0 radical (unpaired) electrons. The average Bonchev–Trinajstić information content (AvgIpc) is 3.03. The maximum Gasteiger partial charge on any atom is 0.194 e. The summed E-state index contributed by atoms with van der Waals surface area (Å²) in [5, 5.41) is 5.71. The van der Waals surface area contributed by atoms with E-state index in [4.69, 9.17) is 0 Å². The molecule has 96 valence electrons. The molecule has 1 aliphatic carbocycles. The van der Waals surface area contributed by atoms with Gasteiger partial charge in [0.25, 0.3) is 0 Å². The van der Waals surface area contributed by atoms with Gasteiger partial charge in [-0.25, -0.2) is 4.98 Å². The third kappa shape index (κ3) is 2.22. The van der Waals surface area contributed by atoms with Gasteiger partial charge in [-0.1, -0.05) is 5.57 Å². The number of aromatic nitrogens is 2. The van der Waals surface area contributed by atoms with Gasteiger partial charge in [0.2, 0.25) is 0 Å². The number of imidazole rings is 1. The lowest BCUT2D eigenvalue weighted by molar-refractivity contribution is 0.735. The highest BCUT2D eigenvalue weighted by molar-refractivity contribution is 7.15. The number of nitrogens with zero attached hydrogens (tertiary/aromatic N) is 2. The summed E-state index contributed by atoms with van der Waals surface area (Å²) in [6, 6.07) is 0.766. The highest BCUT2D eigenvalue weighted by Gasteiger charge is 2.20. The van der Waals surface area contributed by atoms with Gasteiger partial charge in [-0.05, 0) is 39.7 Å². The number of nitrogens with one attached hydrogen (secondary N) is 1. The molecular formula is C14H19N3S. The Bertz CT molecular complexity index is 602. The molecular weight excluding hydrogens is 242 g/mol. The Labute approximate surface area is 112 Å². The molecule has 0 aliphatic heterocycles. The molecule has 4 heteroatoms. The van der Waals surface area contributed by atoms with Crippen molar-refractivity contribution in [2.45, 2.75) is 39.7 Å². The van der Waals surface area contributed by atoms with Gasteiger partial charge in [-0.3, -0.25) is 4.40 Å². The molecule has 1 fully saturated rings. The predicted octanol–water partition coefficient (Wildman–Crippen LogP) is 3.17. The van der Waals surface area contributed by atoms with Crippen LogP contribution in [0.3, 0.4) is 0 Å². The van der Waals surface area contributed by atoms with Gasteiger partial charge >= 0.3 is 0 Å². The lowest BCUT2D eigenvalue weighted by atomic mass is 10.2. The molecule has 0 bridgehead atoms. The van der Waals surface area contributed by atoms with Crippen molar-refractivity contribution in [1.29, 1.82) is 0 Å². The van der Waals surface area contributed by atoms with Crippen LogP contribution in [0.5, 0.6) is 0 Å². The van der Waals surface area contributed by atoms with Crippen molar-refractivity contribution >= 4 is 22.4 Å². The molecule has 2 aromatic rings. The van der Waals surface area contributed by atoms with E-state index in [1.165, 1.54) is 29.8 Å². The van der Waals surface area contributed by atoms with E-state index in [0.717, 1.165) is 23.2 Å². The molecule has 0 amide bonds. The number of hydrogen-bond acceptors (Lipinski definition) is 3. The Morgan fingerprint density at radius 3 is 3.06 bits per heavy atom. The smallest absolute Gasteiger partial charge is 0.194 e. The van der Waals surface area contributed by atoms with Crippen LogP contribution in [0.25, 0.3) is 11.0 Å². The fraction of sp³-hybridized carbons (Fsp3) is 0.500. The van der Waals surface area contributed by atoms with Crippen molar-refractivity contribution in [3.05, 3.63) is 28.0 Å². The van der Waals surface area contributed by atoms with Gasteiger partial charge in [0.15, 0.2) is 4.96 Å². The van der Waals surface area contributed by atoms with Crippen molar-refractivity contribution in [1.82, 2.24) is 14.7 Å². The van der Waals surface area contributed by atoms with Crippen LogP contribution in [0.1, 0.15) is 36.8 Å². The van der Waals surface area contributed by atoms with Gasteiger partial charge in [-0.15, -0.1) is 11.3 Å². The van der Waals surface area contributed by atoms with Gasteiger partial charge < -0.3 is 5.32 Å². The quantitative estimate of drug-likeness (QED) is 0.916. The van der Waals surface area contributed by atoms with E-state index in [2.05, 4.69) is 46.9 Å². The van der Waals surface area contributed by atoms with Crippen molar-refractivity contribution in [2.24, 2.45) is 0 Å². The molecule has 3 nitrogen and oxygen atoms in total.